The van der Waals surface area contributed by atoms with Crippen molar-refractivity contribution in [2.45, 2.75) is 162 Å². The van der Waals surface area contributed by atoms with E-state index in [1.54, 1.807) is 0 Å². The molecule has 1 N–H and O–H groups in total. The number of halogens is 4. The second-order valence-electron chi connectivity index (χ2n) is 19.3. The molecule has 0 amide bonds. The average molecular weight is 703 g/mol. The third kappa shape index (κ3) is 6.03. The zero-order chi connectivity index (χ0) is 34.7. The number of hydrogen-bond acceptors (Lipinski definition) is 7. The van der Waals surface area contributed by atoms with E-state index in [-0.39, 0.29) is 94.9 Å². The highest BCUT2D eigenvalue weighted by Crippen LogP contribution is 2.68. The quantitative estimate of drug-likeness (QED) is 0.177. The fraction of sp³-hybridized carbons (Fsp3) is 1.00. The molecular weight excluding hydrogens is 644 g/mol. The maximum absolute atomic E-state index is 16.5. The molecule has 0 aromatic rings. The molecule has 7 nitrogen and oxygen atoms in total. The van der Waals surface area contributed by atoms with Gasteiger partial charge in [0.25, 0.3) is 0 Å². The molecule has 280 valence electrons. The first-order valence-corrected chi connectivity index (χ1v) is 19.0. The molecule has 0 spiro atoms. The molecule has 2 aliphatic heterocycles. The van der Waals surface area contributed by atoms with E-state index >= 15 is 17.6 Å². The molecule has 8 aliphatic carbocycles. The minimum atomic E-state index is -1.73. The van der Waals surface area contributed by atoms with Crippen LogP contribution in [0.3, 0.4) is 0 Å². The fourth-order valence-corrected chi connectivity index (χ4v) is 12.3. The van der Waals surface area contributed by atoms with Gasteiger partial charge in [0.15, 0.2) is 0 Å². The van der Waals surface area contributed by atoms with Crippen molar-refractivity contribution in [1.29, 1.82) is 0 Å². The number of hydrogen-bond donors (Lipinski definition) is 1. The first kappa shape index (κ1) is 35.5. The van der Waals surface area contributed by atoms with Gasteiger partial charge in [0, 0.05) is 93.3 Å². The SMILES string of the molecule is CCC1(COC23CC4(F)CC(F)(C2)CC(OCC(CC)(CO)COC25CC6(F)CC(F)(CC(OCC7(CC)COC7)(C6)C2)C5)(C4)C3)COC1. The standard InChI is InChI=1S/C38H58F4O7/c1-4-28(19-43,24-46-35-9-31(39)7-32(40,10-35)14-37(13-31,17-35)48-26-29(5-2)20-44-21-29)25-47-36-11-33(41)8-34(42,12-36)16-38(15-33,18-36)49-27-30(6-3)22-45-23-30/h43H,4-27H2,1-3H3. The Balaban J connectivity index is 0.980. The summed E-state index contributed by atoms with van der Waals surface area (Å²) in [6.45, 7) is 9.03. The molecule has 10 rings (SSSR count). The lowest BCUT2D eigenvalue weighted by molar-refractivity contribution is -0.313. The van der Waals surface area contributed by atoms with E-state index in [9.17, 15) is 5.11 Å². The zero-order valence-corrected chi connectivity index (χ0v) is 29.9. The first-order chi connectivity index (χ1) is 23.0. The molecule has 4 atom stereocenters. The molecule has 2 heterocycles. The van der Waals surface area contributed by atoms with E-state index in [0.717, 1.165) is 12.8 Å². The van der Waals surface area contributed by atoms with Crippen molar-refractivity contribution in [2.75, 3.05) is 59.5 Å². The van der Waals surface area contributed by atoms with Crippen LogP contribution in [0.4, 0.5) is 17.6 Å². The van der Waals surface area contributed by atoms with Crippen molar-refractivity contribution in [2.24, 2.45) is 16.2 Å². The number of rotatable bonds is 16. The molecular formula is C38H58F4O7. The van der Waals surface area contributed by atoms with Gasteiger partial charge in [-0.1, -0.05) is 20.8 Å². The van der Waals surface area contributed by atoms with Crippen molar-refractivity contribution in [1.82, 2.24) is 0 Å². The number of aliphatic hydroxyl groups is 1. The highest BCUT2D eigenvalue weighted by Gasteiger charge is 2.73. The second-order valence-corrected chi connectivity index (χ2v) is 19.3. The second kappa shape index (κ2) is 11.2. The lowest BCUT2D eigenvalue weighted by atomic mass is 9.49. The maximum atomic E-state index is 16.5. The lowest BCUT2D eigenvalue weighted by Gasteiger charge is -2.66. The summed E-state index contributed by atoms with van der Waals surface area (Å²) >= 11 is 0. The van der Waals surface area contributed by atoms with Crippen LogP contribution in [0, 0.1) is 16.2 Å². The smallest absolute Gasteiger partial charge is 0.119 e. The predicted octanol–water partition coefficient (Wildman–Crippen LogP) is 6.85. The van der Waals surface area contributed by atoms with E-state index in [0.29, 0.717) is 58.9 Å². The Morgan fingerprint density at radius 3 is 1.08 bits per heavy atom. The van der Waals surface area contributed by atoms with Crippen molar-refractivity contribution in [3.8, 4) is 0 Å². The van der Waals surface area contributed by atoms with Crippen LogP contribution in [0.2, 0.25) is 0 Å². The third-order valence-corrected chi connectivity index (χ3v) is 14.6. The molecule has 2 saturated heterocycles. The normalized spacial score (nSPS) is 49.5. The van der Waals surface area contributed by atoms with Crippen molar-refractivity contribution >= 4 is 0 Å². The summed E-state index contributed by atoms with van der Waals surface area (Å²) in [5.41, 5.74) is -12.1. The summed E-state index contributed by atoms with van der Waals surface area (Å²) in [7, 11) is 0. The highest BCUT2D eigenvalue weighted by molar-refractivity contribution is 5.24. The summed E-state index contributed by atoms with van der Waals surface area (Å²) in [6.07, 6.45) is 3.72. The van der Waals surface area contributed by atoms with Gasteiger partial charge in [0.05, 0.1) is 81.9 Å². The minimum Gasteiger partial charge on any atom is -0.396 e. The van der Waals surface area contributed by atoms with Crippen molar-refractivity contribution in [3.63, 3.8) is 0 Å². The molecule has 11 heteroatoms. The average Bonchev–Trinajstić information content (AvgIpc) is 2.93. The highest BCUT2D eigenvalue weighted by atomic mass is 19.2. The molecule has 49 heavy (non-hydrogen) atoms. The topological polar surface area (TPSA) is 75.6 Å². The number of ether oxygens (including phenoxy) is 6. The summed E-state index contributed by atoms with van der Waals surface area (Å²) in [5.74, 6) is 0. The van der Waals surface area contributed by atoms with Crippen molar-refractivity contribution < 1.29 is 51.1 Å². The van der Waals surface area contributed by atoms with Gasteiger partial charge >= 0.3 is 0 Å². The monoisotopic (exact) mass is 702 g/mol. The van der Waals surface area contributed by atoms with Crippen LogP contribution in [0.25, 0.3) is 0 Å². The van der Waals surface area contributed by atoms with Gasteiger partial charge in [-0.3, -0.25) is 0 Å². The molecule has 8 saturated carbocycles. The summed E-state index contributed by atoms with van der Waals surface area (Å²) in [4.78, 5) is 0. The molecule has 0 radical (unpaired) electrons. The summed E-state index contributed by atoms with van der Waals surface area (Å²) in [5, 5.41) is 10.8. The number of aliphatic hydroxyl groups excluding tert-OH is 1. The van der Waals surface area contributed by atoms with Gasteiger partial charge in [-0.25, -0.2) is 17.6 Å². The van der Waals surface area contributed by atoms with Gasteiger partial charge in [-0.15, -0.1) is 0 Å². The van der Waals surface area contributed by atoms with Crippen molar-refractivity contribution in [3.05, 3.63) is 0 Å². The maximum Gasteiger partial charge on any atom is 0.119 e. The summed E-state index contributed by atoms with van der Waals surface area (Å²) < 4.78 is 103. The van der Waals surface area contributed by atoms with Gasteiger partial charge in [-0.05, 0) is 19.3 Å². The Kier molecular flexibility index (Phi) is 8.13. The Morgan fingerprint density at radius 2 is 0.837 bits per heavy atom. The lowest BCUT2D eigenvalue weighted by Crippen LogP contribution is -2.72. The molecule has 10 aliphatic rings. The van der Waals surface area contributed by atoms with Gasteiger partial charge in [-0.2, -0.15) is 0 Å². The molecule has 0 aromatic carbocycles. The molecule has 10 fully saturated rings. The Hall–Kier alpha value is -0.560. The van der Waals surface area contributed by atoms with E-state index < -0.39 is 50.5 Å². The Morgan fingerprint density at radius 1 is 0.510 bits per heavy atom. The fourth-order valence-electron chi connectivity index (χ4n) is 12.3. The van der Waals surface area contributed by atoms with Gasteiger partial charge < -0.3 is 33.5 Å². The number of alkyl halides is 4. The van der Waals surface area contributed by atoms with Crippen LogP contribution < -0.4 is 0 Å². The minimum absolute atomic E-state index is 0.0211. The van der Waals surface area contributed by atoms with Crippen LogP contribution >= 0.6 is 0 Å². The largest absolute Gasteiger partial charge is 0.396 e. The van der Waals surface area contributed by atoms with E-state index in [4.69, 9.17) is 28.4 Å². The molecule has 8 bridgehead atoms. The van der Waals surface area contributed by atoms with Crippen LogP contribution in [-0.2, 0) is 28.4 Å². The van der Waals surface area contributed by atoms with E-state index in [1.165, 1.54) is 0 Å². The van der Waals surface area contributed by atoms with Crippen LogP contribution in [0.15, 0.2) is 0 Å². The van der Waals surface area contributed by atoms with Crippen LogP contribution in [-0.4, -0.2) is 110 Å². The van der Waals surface area contributed by atoms with Gasteiger partial charge in [0.1, 0.15) is 22.7 Å². The van der Waals surface area contributed by atoms with E-state index in [1.807, 2.05) is 6.92 Å². The molecule has 0 aromatic heterocycles. The first-order valence-electron chi connectivity index (χ1n) is 19.0. The summed E-state index contributed by atoms with van der Waals surface area (Å²) in [6, 6.07) is 0. The Bertz CT molecular complexity index is 1140. The zero-order valence-electron chi connectivity index (χ0n) is 29.9. The van der Waals surface area contributed by atoms with Crippen LogP contribution in [0.5, 0.6) is 0 Å². The molecule has 4 unspecified atom stereocenters. The predicted molar refractivity (Wildman–Crippen MR) is 172 cm³/mol. The Labute approximate surface area is 288 Å². The van der Waals surface area contributed by atoms with Gasteiger partial charge in [0.2, 0.25) is 0 Å². The van der Waals surface area contributed by atoms with Crippen LogP contribution in [0.1, 0.15) is 117 Å². The third-order valence-electron chi connectivity index (χ3n) is 14.6. The van der Waals surface area contributed by atoms with E-state index in [2.05, 4.69) is 13.8 Å².